The molecule has 5 nitrogen and oxygen atoms in total. The number of nitrogens with zero attached hydrogens (tertiary/aromatic N) is 4. The van der Waals surface area contributed by atoms with Crippen LogP contribution >= 0.6 is 0 Å². The number of rotatable bonds is 3. The molecule has 0 amide bonds. The maximum absolute atomic E-state index is 6.57. The highest BCUT2D eigenvalue weighted by molar-refractivity contribution is 5.94. The second-order valence-corrected chi connectivity index (χ2v) is 9.77. The van der Waals surface area contributed by atoms with Gasteiger partial charge in [-0.05, 0) is 17.7 Å². The highest BCUT2D eigenvalue weighted by Gasteiger charge is 2.42. The third-order valence-corrected chi connectivity index (χ3v) is 7.11. The second-order valence-electron chi connectivity index (χ2n) is 9.77. The van der Waals surface area contributed by atoms with Gasteiger partial charge in [0.15, 0.2) is 11.6 Å². The fraction of sp³-hybridized carbons (Fsp3) is 0.0938. The molecule has 37 heavy (non-hydrogen) atoms. The van der Waals surface area contributed by atoms with Gasteiger partial charge in [0.25, 0.3) is 0 Å². The molecule has 0 fully saturated rings. The molecule has 5 heteroatoms. The van der Waals surface area contributed by atoms with Crippen molar-refractivity contribution < 1.29 is 4.42 Å². The van der Waals surface area contributed by atoms with E-state index in [4.69, 9.17) is 19.4 Å². The summed E-state index contributed by atoms with van der Waals surface area (Å²) in [6.45, 7) is 4.50. The van der Waals surface area contributed by atoms with Gasteiger partial charge in [-0.15, -0.1) is 0 Å². The molecule has 0 atom stereocenters. The molecule has 1 aliphatic rings. The Bertz CT molecular complexity index is 1700. The van der Waals surface area contributed by atoms with Gasteiger partial charge in [-0.25, -0.2) is 9.88 Å². The molecule has 0 radical (unpaired) electrons. The third kappa shape index (κ3) is 3.35. The molecule has 178 valence electrons. The lowest BCUT2D eigenvalue weighted by atomic mass is 9.74. The number of hydrogen-bond acceptors (Lipinski definition) is 5. The Morgan fingerprint density at radius 2 is 1.19 bits per heavy atom. The molecule has 4 aromatic carbocycles. The zero-order chi connectivity index (χ0) is 25.0. The van der Waals surface area contributed by atoms with Crippen LogP contribution in [-0.2, 0) is 5.41 Å². The average molecular weight is 481 g/mol. The predicted molar refractivity (Wildman–Crippen MR) is 147 cm³/mol. The summed E-state index contributed by atoms with van der Waals surface area (Å²) in [7, 11) is 0. The van der Waals surface area contributed by atoms with E-state index in [2.05, 4.69) is 49.1 Å². The lowest BCUT2D eigenvalue weighted by molar-refractivity contribution is 0.569. The minimum absolute atomic E-state index is 0.271. The predicted octanol–water partition coefficient (Wildman–Crippen LogP) is 8.06. The van der Waals surface area contributed by atoms with Crippen LogP contribution in [0.15, 0.2) is 114 Å². The van der Waals surface area contributed by atoms with Crippen molar-refractivity contribution in [2.75, 3.05) is 4.90 Å². The van der Waals surface area contributed by atoms with Crippen molar-refractivity contribution in [2.45, 2.75) is 19.3 Å². The van der Waals surface area contributed by atoms with E-state index in [1.54, 1.807) is 0 Å². The van der Waals surface area contributed by atoms with Gasteiger partial charge in [-0.3, -0.25) is 0 Å². The summed E-state index contributed by atoms with van der Waals surface area (Å²) in [6, 6.07) is 36.7. The number of anilines is 3. The van der Waals surface area contributed by atoms with E-state index in [0.29, 0.717) is 17.6 Å². The van der Waals surface area contributed by atoms with Gasteiger partial charge in [0, 0.05) is 27.5 Å². The number of hydrogen-bond donors (Lipinski definition) is 0. The van der Waals surface area contributed by atoms with E-state index in [-0.39, 0.29) is 5.41 Å². The molecule has 0 spiro atoms. The molecule has 0 bridgehead atoms. The van der Waals surface area contributed by atoms with Gasteiger partial charge in [0.1, 0.15) is 5.58 Å². The smallest absolute Gasteiger partial charge is 0.241 e. The van der Waals surface area contributed by atoms with Crippen molar-refractivity contribution in [1.82, 2.24) is 15.0 Å². The minimum Gasteiger partial charge on any atom is -0.439 e. The summed E-state index contributed by atoms with van der Waals surface area (Å²) in [4.78, 5) is 16.9. The summed E-state index contributed by atoms with van der Waals surface area (Å²) in [5, 5.41) is 1.10. The van der Waals surface area contributed by atoms with Crippen molar-refractivity contribution in [1.29, 1.82) is 0 Å². The first-order valence-electron chi connectivity index (χ1n) is 12.4. The van der Waals surface area contributed by atoms with Gasteiger partial charge in [-0.2, -0.15) is 9.97 Å². The molecular formula is C32H24N4O. The third-order valence-electron chi connectivity index (χ3n) is 7.11. The Kier molecular flexibility index (Phi) is 4.73. The Hall–Kier alpha value is -4.77. The standard InChI is InChI=1S/C32H24N4O/c1-32(2)24-18-10-11-19-25(24)36(30-27(32)23-17-9-12-20-26(23)37-30)31-34-28(21-13-5-3-6-14-21)33-29(35-31)22-15-7-4-8-16-22/h3-20H,1-2H3. The van der Waals surface area contributed by atoms with Gasteiger partial charge >= 0.3 is 0 Å². The highest BCUT2D eigenvalue weighted by atomic mass is 16.4. The monoisotopic (exact) mass is 480 g/mol. The van der Waals surface area contributed by atoms with Gasteiger partial charge < -0.3 is 4.42 Å². The van der Waals surface area contributed by atoms with E-state index in [1.165, 1.54) is 5.56 Å². The van der Waals surface area contributed by atoms with Crippen LogP contribution in [-0.4, -0.2) is 15.0 Å². The summed E-state index contributed by atoms with van der Waals surface area (Å²) in [6.07, 6.45) is 0. The van der Waals surface area contributed by atoms with Crippen LogP contribution in [0.25, 0.3) is 33.7 Å². The fourth-order valence-corrected chi connectivity index (χ4v) is 5.33. The topological polar surface area (TPSA) is 55.1 Å². The van der Waals surface area contributed by atoms with Crippen molar-refractivity contribution in [3.8, 4) is 22.8 Å². The molecule has 6 aromatic rings. The quantitative estimate of drug-likeness (QED) is 0.256. The SMILES string of the molecule is CC1(C)c2ccccc2N(c2nc(-c3ccccc3)nc(-c3ccccc3)n2)c2oc3ccccc3c21. The van der Waals surface area contributed by atoms with E-state index in [0.717, 1.165) is 39.2 Å². The summed E-state index contributed by atoms with van der Waals surface area (Å²) in [5.41, 5.74) is 5.76. The number of benzene rings is 4. The number of aromatic nitrogens is 3. The Morgan fingerprint density at radius 3 is 1.86 bits per heavy atom. The van der Waals surface area contributed by atoms with E-state index < -0.39 is 0 Å². The fourth-order valence-electron chi connectivity index (χ4n) is 5.33. The highest BCUT2D eigenvalue weighted by Crippen LogP contribution is 2.54. The second kappa shape index (κ2) is 8.14. The first kappa shape index (κ1) is 21.5. The van der Waals surface area contributed by atoms with Gasteiger partial charge in [-0.1, -0.05) is 111 Å². The molecule has 0 unspecified atom stereocenters. The molecule has 1 aliphatic heterocycles. The van der Waals surface area contributed by atoms with E-state index in [9.17, 15) is 0 Å². The van der Waals surface area contributed by atoms with Gasteiger partial charge in [0.2, 0.25) is 11.8 Å². The molecule has 0 saturated heterocycles. The molecule has 0 aliphatic carbocycles. The first-order valence-corrected chi connectivity index (χ1v) is 12.4. The normalized spacial score (nSPS) is 13.8. The first-order chi connectivity index (χ1) is 18.1. The van der Waals surface area contributed by atoms with Crippen LogP contribution in [0, 0.1) is 0 Å². The number of fused-ring (bicyclic) bond motifs is 4. The molecule has 7 rings (SSSR count). The van der Waals surface area contributed by atoms with E-state index >= 15 is 0 Å². The molecular weight excluding hydrogens is 456 g/mol. The summed E-state index contributed by atoms with van der Waals surface area (Å²) >= 11 is 0. The van der Waals surface area contributed by atoms with Crippen LogP contribution in [0.5, 0.6) is 0 Å². The molecule has 2 aromatic heterocycles. The Morgan fingerprint density at radius 1 is 0.622 bits per heavy atom. The maximum atomic E-state index is 6.57. The van der Waals surface area contributed by atoms with Crippen molar-refractivity contribution >= 4 is 28.5 Å². The zero-order valence-corrected chi connectivity index (χ0v) is 20.6. The maximum Gasteiger partial charge on any atom is 0.241 e. The molecule has 0 saturated carbocycles. The lowest BCUT2D eigenvalue weighted by Gasteiger charge is -2.37. The number of para-hydroxylation sites is 2. The Labute approximate surface area is 215 Å². The Balaban J connectivity index is 1.54. The zero-order valence-electron chi connectivity index (χ0n) is 20.6. The average Bonchev–Trinajstić information content (AvgIpc) is 3.34. The van der Waals surface area contributed by atoms with Crippen LogP contribution < -0.4 is 4.90 Å². The van der Waals surface area contributed by atoms with Crippen molar-refractivity contribution in [2.24, 2.45) is 0 Å². The molecule has 0 N–H and O–H groups in total. The largest absolute Gasteiger partial charge is 0.439 e. The molecule has 3 heterocycles. The summed E-state index contributed by atoms with van der Waals surface area (Å²) in [5.74, 6) is 2.50. The van der Waals surface area contributed by atoms with Crippen molar-refractivity contribution in [3.63, 3.8) is 0 Å². The minimum atomic E-state index is -0.271. The van der Waals surface area contributed by atoms with Crippen LogP contribution in [0.3, 0.4) is 0 Å². The van der Waals surface area contributed by atoms with Crippen LogP contribution in [0.1, 0.15) is 25.0 Å². The summed E-state index contributed by atoms with van der Waals surface area (Å²) < 4.78 is 6.57. The lowest BCUT2D eigenvalue weighted by Crippen LogP contribution is -2.30. The van der Waals surface area contributed by atoms with Crippen LogP contribution in [0.4, 0.5) is 17.5 Å². The number of furan rings is 1. The van der Waals surface area contributed by atoms with E-state index in [1.807, 2.05) is 78.9 Å². The van der Waals surface area contributed by atoms with Crippen molar-refractivity contribution in [3.05, 3.63) is 120 Å². The van der Waals surface area contributed by atoms with Crippen LogP contribution in [0.2, 0.25) is 0 Å². The van der Waals surface area contributed by atoms with Gasteiger partial charge in [0.05, 0.1) is 5.69 Å².